The third kappa shape index (κ3) is 7.60. The first kappa shape index (κ1) is 24.1. The highest BCUT2D eigenvalue weighted by atomic mass is 32.3. The second-order valence-electron chi connectivity index (χ2n) is 4.42. The summed E-state index contributed by atoms with van der Waals surface area (Å²) in [6.45, 7) is 0.604. The van der Waals surface area contributed by atoms with Crippen molar-refractivity contribution in [1.29, 1.82) is 0 Å². The van der Waals surface area contributed by atoms with Gasteiger partial charge in [-0.25, -0.2) is 0 Å². The van der Waals surface area contributed by atoms with Gasteiger partial charge in [-0.1, -0.05) is 47.0 Å². The third-order valence-corrected chi connectivity index (χ3v) is 14.0. The van der Waals surface area contributed by atoms with Gasteiger partial charge in [-0.3, -0.25) is 0 Å². The Kier molecular flexibility index (Phi) is 13.0. The Bertz CT molecular complexity index is 471. The molecule has 4 nitrogen and oxygen atoms in total. The molecule has 4 N–H and O–H groups in total. The molecule has 0 aromatic rings. The summed E-state index contributed by atoms with van der Waals surface area (Å²) in [4.78, 5) is 0. The lowest BCUT2D eigenvalue weighted by molar-refractivity contribution is 0.322. The minimum atomic E-state index is 0.151. The molecule has 2 aliphatic heterocycles. The normalized spacial score (nSPS) is 18.0. The van der Waals surface area contributed by atoms with E-state index >= 15 is 0 Å². The van der Waals surface area contributed by atoms with E-state index in [1.807, 2.05) is 0 Å². The van der Waals surface area contributed by atoms with Crippen molar-refractivity contribution in [3.05, 3.63) is 25.4 Å². The Morgan fingerprint density at radius 2 is 0.692 bits per heavy atom. The Balaban J connectivity index is 2.08. The highest BCUT2D eigenvalue weighted by molar-refractivity contribution is 8.45. The summed E-state index contributed by atoms with van der Waals surface area (Å²) in [6.07, 6.45) is 0. The largest absolute Gasteiger partial charge is 0.396 e. The Labute approximate surface area is 188 Å². The second kappa shape index (κ2) is 14.0. The molecular weight excluding hydrogens is 489 g/mol. The summed E-state index contributed by atoms with van der Waals surface area (Å²) < 4.78 is 7.28. The molecule has 12 heteroatoms. The summed E-state index contributed by atoms with van der Waals surface area (Å²) in [5, 5.41) is 36.5. The molecule has 0 aliphatic carbocycles. The van der Waals surface area contributed by atoms with Gasteiger partial charge in [0.05, 0.1) is 51.9 Å². The van der Waals surface area contributed by atoms with Gasteiger partial charge in [0.1, 0.15) is 0 Å². The van der Waals surface area contributed by atoms with Crippen LogP contribution in [0.5, 0.6) is 0 Å². The Hall–Kier alpha value is 1.86. The van der Waals surface area contributed by atoms with Gasteiger partial charge in [0, 0.05) is 23.0 Å². The van der Waals surface area contributed by atoms with Crippen LogP contribution < -0.4 is 0 Å². The van der Waals surface area contributed by atoms with Crippen molar-refractivity contribution in [1.82, 2.24) is 0 Å². The van der Waals surface area contributed by atoms with Gasteiger partial charge in [-0.15, -0.1) is 47.0 Å². The molecule has 2 aliphatic rings. The van der Waals surface area contributed by atoms with Crippen LogP contribution in [-0.4, -0.2) is 69.9 Å². The van der Waals surface area contributed by atoms with Crippen LogP contribution in [0.25, 0.3) is 0 Å². The maximum atomic E-state index is 9.12. The average Bonchev–Trinajstić information content (AvgIpc) is 3.25. The van der Waals surface area contributed by atoms with Crippen LogP contribution in [0.3, 0.4) is 0 Å². The van der Waals surface area contributed by atoms with Gasteiger partial charge >= 0.3 is 0 Å². The zero-order valence-electron chi connectivity index (χ0n) is 13.7. The minimum Gasteiger partial charge on any atom is -0.396 e. The fraction of sp³-hybridized carbons (Fsp3) is 0.571. The zero-order valence-corrected chi connectivity index (χ0v) is 20.2. The lowest BCUT2D eigenvalue weighted by Crippen LogP contribution is -1.87. The van der Waals surface area contributed by atoms with Crippen molar-refractivity contribution >= 4 is 94.1 Å². The predicted octanol–water partition coefficient (Wildman–Crippen LogP) is 4.23. The molecule has 0 unspecified atom stereocenters. The molecule has 0 saturated heterocycles. The van der Waals surface area contributed by atoms with Crippen molar-refractivity contribution in [2.24, 2.45) is 0 Å². The highest BCUT2D eigenvalue weighted by Gasteiger charge is 2.30. The number of hydrogen-bond acceptors (Lipinski definition) is 12. The van der Waals surface area contributed by atoms with Crippen LogP contribution in [0.1, 0.15) is 0 Å². The van der Waals surface area contributed by atoms with Crippen molar-refractivity contribution in [2.45, 2.75) is 0 Å². The lowest BCUT2D eigenvalue weighted by Gasteiger charge is -2.02. The maximum Gasteiger partial charge on any atom is 0.0717 e. The van der Waals surface area contributed by atoms with Crippen molar-refractivity contribution in [3.8, 4) is 0 Å². The van der Waals surface area contributed by atoms with Crippen LogP contribution in [-0.2, 0) is 0 Å². The fourth-order valence-electron chi connectivity index (χ4n) is 1.62. The second-order valence-corrected chi connectivity index (χ2v) is 14.5. The molecule has 0 bridgehead atoms. The molecule has 0 radical (unpaired) electrons. The zero-order chi connectivity index (χ0) is 18.8. The summed E-state index contributed by atoms with van der Waals surface area (Å²) in [7, 11) is 0. The molecule has 0 aromatic carbocycles. The van der Waals surface area contributed by atoms with E-state index in [0.717, 1.165) is 0 Å². The number of rotatable bonds is 12. The summed E-state index contributed by atoms with van der Waals surface area (Å²) >= 11 is 13.6. The van der Waals surface area contributed by atoms with Gasteiger partial charge in [0.25, 0.3) is 0 Å². The molecule has 0 spiro atoms. The van der Waals surface area contributed by atoms with Crippen LogP contribution in [0.4, 0.5) is 0 Å². The quantitative estimate of drug-likeness (QED) is 0.304. The molecule has 0 amide bonds. The van der Waals surface area contributed by atoms with Crippen LogP contribution >= 0.6 is 94.1 Å². The number of hydrogen-bond donors (Lipinski definition) is 4. The number of aliphatic hydroxyl groups excluding tert-OH is 4. The monoisotopic (exact) mass is 508 g/mol. The standard InChI is InChI=1S/C14H20O4S8/c15-1-5-19-9-10(20-6-2-16)24-13(23-9)14-25-11(21-7-3-17)12(26-14)22-8-4-18/h15-18H,1-8H2. The molecule has 0 fully saturated rings. The first-order chi connectivity index (χ1) is 12.7. The molecule has 2 rings (SSSR count). The van der Waals surface area contributed by atoms with E-state index in [2.05, 4.69) is 0 Å². The number of aliphatic hydroxyl groups is 4. The summed E-state index contributed by atoms with van der Waals surface area (Å²) in [5.41, 5.74) is 0. The average molecular weight is 509 g/mol. The molecule has 0 aromatic heterocycles. The van der Waals surface area contributed by atoms with Gasteiger partial charge in [-0.05, 0) is 0 Å². The van der Waals surface area contributed by atoms with Gasteiger partial charge in [0.15, 0.2) is 0 Å². The van der Waals surface area contributed by atoms with E-state index in [4.69, 9.17) is 20.4 Å². The first-order valence-corrected chi connectivity index (χ1v) is 14.8. The van der Waals surface area contributed by atoms with E-state index in [9.17, 15) is 0 Å². The summed E-state index contributed by atoms with van der Waals surface area (Å²) in [5.74, 6) is 2.68. The van der Waals surface area contributed by atoms with Crippen molar-refractivity contribution in [3.63, 3.8) is 0 Å². The SMILES string of the molecule is OCCSC1=C(SCCO)SC(=C2SC(SCCO)=C(SCCO)S2)S1. The third-order valence-electron chi connectivity index (χ3n) is 2.54. The van der Waals surface area contributed by atoms with E-state index < -0.39 is 0 Å². The maximum absolute atomic E-state index is 9.12. The van der Waals surface area contributed by atoms with E-state index in [0.29, 0.717) is 23.0 Å². The summed E-state index contributed by atoms with van der Waals surface area (Å²) in [6, 6.07) is 0. The van der Waals surface area contributed by atoms with Crippen LogP contribution in [0.15, 0.2) is 25.4 Å². The van der Waals surface area contributed by atoms with Crippen molar-refractivity contribution in [2.75, 3.05) is 49.4 Å². The Morgan fingerprint density at radius 3 is 0.885 bits per heavy atom. The highest BCUT2D eigenvalue weighted by Crippen LogP contribution is 2.65. The van der Waals surface area contributed by atoms with Crippen LogP contribution in [0, 0.1) is 0 Å². The van der Waals surface area contributed by atoms with E-state index in [-0.39, 0.29) is 26.4 Å². The van der Waals surface area contributed by atoms with Gasteiger partial charge in [0.2, 0.25) is 0 Å². The molecule has 0 saturated carbocycles. The van der Waals surface area contributed by atoms with Crippen LogP contribution in [0.2, 0.25) is 0 Å². The molecule has 2 heterocycles. The lowest BCUT2D eigenvalue weighted by atomic mass is 10.9. The molecular formula is C14H20O4S8. The molecule has 26 heavy (non-hydrogen) atoms. The van der Waals surface area contributed by atoms with Gasteiger partial charge in [-0.2, -0.15) is 0 Å². The smallest absolute Gasteiger partial charge is 0.0717 e. The van der Waals surface area contributed by atoms with Gasteiger partial charge < -0.3 is 20.4 Å². The topological polar surface area (TPSA) is 80.9 Å². The predicted molar refractivity (Wildman–Crippen MR) is 130 cm³/mol. The first-order valence-electron chi connectivity index (χ1n) is 7.62. The fourth-order valence-corrected chi connectivity index (χ4v) is 12.9. The van der Waals surface area contributed by atoms with E-state index in [1.54, 1.807) is 94.1 Å². The minimum absolute atomic E-state index is 0.151. The van der Waals surface area contributed by atoms with Crippen molar-refractivity contribution < 1.29 is 20.4 Å². The Morgan fingerprint density at radius 1 is 0.462 bits per heavy atom. The van der Waals surface area contributed by atoms with E-state index in [1.165, 1.54) is 25.4 Å². The number of thioether (sulfide) groups is 8. The molecule has 0 atom stereocenters. The molecule has 148 valence electrons.